The zero-order valence-electron chi connectivity index (χ0n) is 14.9. The van der Waals surface area contributed by atoms with E-state index in [1.54, 1.807) is 12.1 Å². The normalized spacial score (nSPS) is 18.5. The molecule has 2 aromatic carbocycles. The zero-order chi connectivity index (χ0) is 20.1. The summed E-state index contributed by atoms with van der Waals surface area (Å²) < 4.78 is 5.34. The van der Waals surface area contributed by atoms with Crippen molar-refractivity contribution in [2.45, 2.75) is 24.3 Å². The Balaban J connectivity index is 1.65. The van der Waals surface area contributed by atoms with Gasteiger partial charge in [0.25, 0.3) is 0 Å². The number of thiol groups is 1. The predicted octanol–water partition coefficient (Wildman–Crippen LogP) is 3.03. The first kappa shape index (κ1) is 19.8. The molecule has 1 fully saturated rings. The Morgan fingerprint density at radius 3 is 2.61 bits per heavy atom. The van der Waals surface area contributed by atoms with Crippen molar-refractivity contribution in [3.63, 3.8) is 0 Å². The van der Waals surface area contributed by atoms with Crippen molar-refractivity contribution in [1.82, 2.24) is 4.90 Å². The monoisotopic (exact) mass is 400 g/mol. The highest BCUT2D eigenvalue weighted by atomic mass is 32.1. The Morgan fingerprint density at radius 1 is 1.14 bits per heavy atom. The van der Waals surface area contributed by atoms with E-state index in [1.165, 1.54) is 17.0 Å². The predicted molar refractivity (Wildman–Crippen MR) is 107 cm³/mol. The smallest absolute Gasteiger partial charge is 0.410 e. The van der Waals surface area contributed by atoms with Crippen molar-refractivity contribution in [3.05, 3.63) is 65.7 Å². The molecule has 7 nitrogen and oxygen atoms in total. The average Bonchev–Trinajstić information content (AvgIpc) is 3.09. The molecule has 1 saturated heterocycles. The molecule has 1 aliphatic rings. The van der Waals surface area contributed by atoms with Gasteiger partial charge in [-0.2, -0.15) is 12.6 Å². The summed E-state index contributed by atoms with van der Waals surface area (Å²) >= 11 is 4.40. The van der Waals surface area contributed by atoms with Gasteiger partial charge in [0.1, 0.15) is 12.6 Å². The first-order valence-electron chi connectivity index (χ1n) is 8.73. The highest BCUT2D eigenvalue weighted by molar-refractivity contribution is 7.81. The summed E-state index contributed by atoms with van der Waals surface area (Å²) in [6.45, 7) is 0.409. The van der Waals surface area contributed by atoms with Crippen LogP contribution in [0.15, 0.2) is 54.6 Å². The molecule has 8 heteroatoms. The number of hydrogen-bond donors (Lipinski definition) is 3. The Hall–Kier alpha value is -3.00. The van der Waals surface area contributed by atoms with Gasteiger partial charge in [-0.25, -0.2) is 9.59 Å². The standard InChI is InChI=1S/C20H20N2O5S/c23-18(21-15-8-4-7-14(9-15)19(24)25)17-10-16(28)11-22(17)20(26)27-12-13-5-2-1-3-6-13/h1-9,16-17,28H,10-12H2,(H,21,23)(H,24,25). The lowest BCUT2D eigenvalue weighted by molar-refractivity contribution is -0.120. The van der Waals surface area contributed by atoms with E-state index in [0.29, 0.717) is 18.7 Å². The molecule has 0 saturated carbocycles. The molecule has 146 valence electrons. The molecule has 2 aromatic rings. The first-order chi connectivity index (χ1) is 13.4. The summed E-state index contributed by atoms with van der Waals surface area (Å²) in [5.41, 5.74) is 1.27. The average molecular weight is 400 g/mol. The van der Waals surface area contributed by atoms with Crippen molar-refractivity contribution in [1.29, 1.82) is 0 Å². The van der Waals surface area contributed by atoms with E-state index in [4.69, 9.17) is 9.84 Å². The van der Waals surface area contributed by atoms with Crippen LogP contribution in [0.2, 0.25) is 0 Å². The Kier molecular flexibility index (Phi) is 6.20. The number of hydrogen-bond acceptors (Lipinski definition) is 5. The number of benzene rings is 2. The maximum atomic E-state index is 12.7. The largest absolute Gasteiger partial charge is 0.478 e. The number of carboxylic acids is 1. The number of ether oxygens (including phenoxy) is 1. The SMILES string of the molecule is O=C(O)c1cccc(NC(=O)C2CC(S)CN2C(=O)OCc2ccccc2)c1. The number of nitrogens with one attached hydrogen (secondary N) is 1. The second-order valence-electron chi connectivity index (χ2n) is 6.47. The van der Waals surface area contributed by atoms with Gasteiger partial charge < -0.3 is 15.2 Å². The number of nitrogens with zero attached hydrogens (tertiary/aromatic N) is 1. The van der Waals surface area contributed by atoms with Crippen LogP contribution in [0, 0.1) is 0 Å². The molecule has 2 amide bonds. The molecule has 2 atom stereocenters. The van der Waals surface area contributed by atoms with Crippen molar-refractivity contribution < 1.29 is 24.2 Å². The van der Waals surface area contributed by atoms with E-state index in [2.05, 4.69) is 17.9 Å². The lowest BCUT2D eigenvalue weighted by atomic mass is 10.1. The molecule has 0 spiro atoms. The molecule has 0 radical (unpaired) electrons. The van der Waals surface area contributed by atoms with Crippen molar-refractivity contribution in [3.8, 4) is 0 Å². The lowest BCUT2D eigenvalue weighted by Crippen LogP contribution is -2.43. The van der Waals surface area contributed by atoms with Gasteiger partial charge in [-0.05, 0) is 30.2 Å². The number of aromatic carboxylic acids is 1. The van der Waals surface area contributed by atoms with Gasteiger partial charge in [-0.1, -0.05) is 36.4 Å². The number of likely N-dealkylation sites (tertiary alicyclic amines) is 1. The van der Waals surface area contributed by atoms with E-state index >= 15 is 0 Å². The van der Waals surface area contributed by atoms with Gasteiger partial charge in [0, 0.05) is 17.5 Å². The van der Waals surface area contributed by atoms with Gasteiger partial charge in [0.05, 0.1) is 5.56 Å². The highest BCUT2D eigenvalue weighted by Crippen LogP contribution is 2.24. The quantitative estimate of drug-likeness (QED) is 0.671. The van der Waals surface area contributed by atoms with Crippen LogP contribution in [-0.4, -0.2) is 45.8 Å². The number of rotatable bonds is 5. The fraction of sp³-hybridized carbons (Fsp3) is 0.250. The number of anilines is 1. The number of carbonyl (C=O) groups excluding carboxylic acids is 2. The van der Waals surface area contributed by atoms with Crippen LogP contribution in [0.3, 0.4) is 0 Å². The Morgan fingerprint density at radius 2 is 1.89 bits per heavy atom. The minimum Gasteiger partial charge on any atom is -0.478 e. The number of carbonyl (C=O) groups is 3. The van der Waals surface area contributed by atoms with Crippen LogP contribution in [-0.2, 0) is 16.1 Å². The van der Waals surface area contributed by atoms with Crippen LogP contribution in [0.25, 0.3) is 0 Å². The molecular weight excluding hydrogens is 380 g/mol. The summed E-state index contributed by atoms with van der Waals surface area (Å²) in [6.07, 6.45) is -0.201. The Bertz CT molecular complexity index is 874. The third-order valence-corrected chi connectivity index (χ3v) is 4.77. The van der Waals surface area contributed by atoms with Crippen LogP contribution in [0.1, 0.15) is 22.3 Å². The van der Waals surface area contributed by atoms with Crippen LogP contribution >= 0.6 is 12.6 Å². The van der Waals surface area contributed by atoms with Crippen molar-refractivity contribution >= 4 is 36.3 Å². The van der Waals surface area contributed by atoms with Gasteiger partial charge >= 0.3 is 12.1 Å². The molecule has 2 unspecified atom stereocenters. The minimum absolute atomic E-state index is 0.0652. The van der Waals surface area contributed by atoms with Gasteiger partial charge in [-0.15, -0.1) is 0 Å². The highest BCUT2D eigenvalue weighted by Gasteiger charge is 2.39. The van der Waals surface area contributed by atoms with Crippen LogP contribution in [0.5, 0.6) is 0 Å². The number of amides is 2. The zero-order valence-corrected chi connectivity index (χ0v) is 15.8. The van der Waals surface area contributed by atoms with Gasteiger partial charge in [0.15, 0.2) is 0 Å². The van der Waals surface area contributed by atoms with E-state index in [1.807, 2.05) is 30.3 Å². The number of carboxylic acid groups (broad SMARTS) is 1. The third kappa shape index (κ3) is 4.83. The minimum atomic E-state index is -1.08. The maximum Gasteiger partial charge on any atom is 0.410 e. The van der Waals surface area contributed by atoms with E-state index in [-0.39, 0.29) is 17.4 Å². The lowest BCUT2D eigenvalue weighted by Gasteiger charge is -2.23. The third-order valence-electron chi connectivity index (χ3n) is 4.40. The summed E-state index contributed by atoms with van der Waals surface area (Å²) in [7, 11) is 0. The maximum absolute atomic E-state index is 12.7. The molecule has 1 heterocycles. The van der Waals surface area contributed by atoms with Gasteiger partial charge in [-0.3, -0.25) is 9.69 Å². The molecule has 1 aliphatic heterocycles. The second-order valence-corrected chi connectivity index (χ2v) is 7.20. The Labute approximate surface area is 167 Å². The van der Waals surface area contributed by atoms with Crippen LogP contribution < -0.4 is 5.32 Å². The summed E-state index contributed by atoms with van der Waals surface area (Å²) in [6, 6.07) is 14.5. The summed E-state index contributed by atoms with van der Waals surface area (Å²) in [4.78, 5) is 37.6. The topological polar surface area (TPSA) is 95.9 Å². The first-order valence-corrected chi connectivity index (χ1v) is 9.25. The molecule has 2 N–H and O–H groups in total. The molecule has 0 aliphatic carbocycles. The van der Waals surface area contributed by atoms with Crippen molar-refractivity contribution in [2.24, 2.45) is 0 Å². The molecule has 0 aromatic heterocycles. The molecule has 0 bridgehead atoms. The molecule has 28 heavy (non-hydrogen) atoms. The van der Waals surface area contributed by atoms with E-state index in [0.717, 1.165) is 5.56 Å². The van der Waals surface area contributed by atoms with E-state index < -0.39 is 24.0 Å². The van der Waals surface area contributed by atoms with Gasteiger partial charge in [0.2, 0.25) is 5.91 Å². The summed E-state index contributed by atoms with van der Waals surface area (Å²) in [5.74, 6) is -1.49. The fourth-order valence-corrected chi connectivity index (χ4v) is 3.40. The van der Waals surface area contributed by atoms with E-state index in [9.17, 15) is 14.4 Å². The summed E-state index contributed by atoms with van der Waals surface area (Å²) in [5, 5.41) is 11.6. The molecule has 3 rings (SSSR count). The molecular formula is C20H20N2O5S. The van der Waals surface area contributed by atoms with Crippen molar-refractivity contribution in [2.75, 3.05) is 11.9 Å². The second kappa shape index (κ2) is 8.79. The van der Waals surface area contributed by atoms with Crippen LogP contribution in [0.4, 0.5) is 10.5 Å². The fourth-order valence-electron chi connectivity index (χ4n) is 3.02.